The molecule has 0 amide bonds. The van der Waals surface area contributed by atoms with Crippen molar-refractivity contribution in [1.29, 1.82) is 5.26 Å². The SMILES string of the molecule is N#CCCn1cc(C(=O)CSc2nnc(-c3ccncc3)o2)c2ccccc21. The molecule has 0 fully saturated rings. The number of ketones is 1. The number of rotatable bonds is 7. The molecule has 0 saturated carbocycles. The van der Waals surface area contributed by atoms with Crippen LogP contribution in [0.2, 0.25) is 0 Å². The number of hydrogen-bond donors (Lipinski definition) is 0. The van der Waals surface area contributed by atoms with E-state index in [1.807, 2.05) is 35.0 Å². The molecule has 0 unspecified atom stereocenters. The van der Waals surface area contributed by atoms with E-state index >= 15 is 0 Å². The Kier molecular flexibility index (Phi) is 5.17. The van der Waals surface area contributed by atoms with Crippen molar-refractivity contribution in [2.45, 2.75) is 18.2 Å². The van der Waals surface area contributed by atoms with E-state index in [0.717, 1.165) is 16.5 Å². The van der Waals surface area contributed by atoms with Crippen LogP contribution in [0.5, 0.6) is 0 Å². The van der Waals surface area contributed by atoms with Gasteiger partial charge in [0, 0.05) is 47.2 Å². The summed E-state index contributed by atoms with van der Waals surface area (Å²) in [6.07, 6.45) is 5.51. The second kappa shape index (κ2) is 8.06. The molecule has 0 spiro atoms. The van der Waals surface area contributed by atoms with Crippen LogP contribution in [-0.4, -0.2) is 31.3 Å². The van der Waals surface area contributed by atoms with E-state index in [0.29, 0.717) is 29.6 Å². The number of aromatic nitrogens is 4. The van der Waals surface area contributed by atoms with Crippen molar-refractivity contribution >= 4 is 28.4 Å². The smallest absolute Gasteiger partial charge is 0.277 e. The molecule has 0 radical (unpaired) electrons. The molecule has 1 aromatic carbocycles. The Hall–Kier alpha value is -3.44. The van der Waals surface area contributed by atoms with Gasteiger partial charge in [-0.15, -0.1) is 10.2 Å². The van der Waals surface area contributed by atoms with E-state index in [1.165, 1.54) is 11.8 Å². The first-order valence-electron chi connectivity index (χ1n) is 8.61. The minimum atomic E-state index is -0.0273. The molecule has 138 valence electrons. The van der Waals surface area contributed by atoms with Crippen LogP contribution in [0.25, 0.3) is 22.4 Å². The number of aryl methyl sites for hydroxylation is 1. The van der Waals surface area contributed by atoms with Gasteiger partial charge in [0.15, 0.2) is 5.78 Å². The van der Waals surface area contributed by atoms with Crippen molar-refractivity contribution in [3.05, 3.63) is 60.6 Å². The van der Waals surface area contributed by atoms with Crippen molar-refractivity contribution in [1.82, 2.24) is 19.7 Å². The number of Topliss-reactive ketones (excluding diaryl/α,β-unsaturated/α-hetero) is 1. The zero-order chi connectivity index (χ0) is 19.3. The van der Waals surface area contributed by atoms with Gasteiger partial charge in [0.1, 0.15) is 0 Å². The fourth-order valence-corrected chi connectivity index (χ4v) is 3.56. The highest BCUT2D eigenvalue weighted by atomic mass is 32.2. The van der Waals surface area contributed by atoms with Crippen molar-refractivity contribution in [3.8, 4) is 17.5 Å². The lowest BCUT2D eigenvalue weighted by Gasteiger charge is -2.00. The van der Waals surface area contributed by atoms with Crippen LogP contribution in [0, 0.1) is 11.3 Å². The number of para-hydroxylation sites is 1. The maximum Gasteiger partial charge on any atom is 0.277 e. The van der Waals surface area contributed by atoms with Crippen molar-refractivity contribution in [2.24, 2.45) is 0 Å². The number of nitrogens with zero attached hydrogens (tertiary/aromatic N) is 5. The minimum absolute atomic E-state index is 0.0273. The maximum atomic E-state index is 12.8. The van der Waals surface area contributed by atoms with Gasteiger partial charge < -0.3 is 8.98 Å². The van der Waals surface area contributed by atoms with Gasteiger partial charge in [0.05, 0.1) is 18.2 Å². The lowest BCUT2D eigenvalue weighted by atomic mass is 10.1. The van der Waals surface area contributed by atoms with E-state index in [1.54, 1.807) is 24.5 Å². The van der Waals surface area contributed by atoms with Crippen LogP contribution in [0.4, 0.5) is 0 Å². The molecule has 8 heteroatoms. The van der Waals surface area contributed by atoms with Gasteiger partial charge in [-0.05, 0) is 18.2 Å². The second-order valence-electron chi connectivity index (χ2n) is 5.98. The number of carbonyl (C=O) groups is 1. The molecule has 0 saturated heterocycles. The largest absolute Gasteiger partial charge is 0.411 e. The van der Waals surface area contributed by atoms with Gasteiger partial charge in [-0.2, -0.15) is 5.26 Å². The molecule has 0 aliphatic carbocycles. The van der Waals surface area contributed by atoms with Crippen LogP contribution in [0.3, 0.4) is 0 Å². The standard InChI is InChI=1S/C20H15N5O2S/c21-8-3-11-25-12-16(15-4-1-2-5-17(15)25)18(26)13-28-20-24-23-19(27-20)14-6-9-22-10-7-14/h1-2,4-7,9-10,12H,3,11,13H2. The molecular formula is C20H15N5O2S. The summed E-state index contributed by atoms with van der Waals surface area (Å²) in [5.74, 6) is 0.551. The number of fused-ring (bicyclic) bond motifs is 1. The third kappa shape index (κ3) is 3.66. The van der Waals surface area contributed by atoms with Gasteiger partial charge in [0.25, 0.3) is 5.22 Å². The highest BCUT2D eigenvalue weighted by Gasteiger charge is 2.17. The normalized spacial score (nSPS) is 10.8. The fraction of sp³-hybridized carbons (Fsp3) is 0.150. The fourth-order valence-electron chi connectivity index (χ4n) is 2.91. The van der Waals surface area contributed by atoms with Crippen molar-refractivity contribution in [2.75, 3.05) is 5.75 Å². The summed E-state index contributed by atoms with van der Waals surface area (Å²) in [6, 6.07) is 13.4. The summed E-state index contributed by atoms with van der Waals surface area (Å²) in [5.41, 5.74) is 2.36. The maximum absolute atomic E-state index is 12.8. The molecule has 0 aliphatic rings. The summed E-state index contributed by atoms with van der Waals surface area (Å²) in [5, 5.41) is 18.1. The van der Waals surface area contributed by atoms with Crippen LogP contribution in [0.1, 0.15) is 16.8 Å². The number of carbonyl (C=O) groups excluding carboxylic acids is 1. The van der Waals surface area contributed by atoms with E-state index in [4.69, 9.17) is 9.68 Å². The topological polar surface area (TPSA) is 97.6 Å². The summed E-state index contributed by atoms with van der Waals surface area (Å²) in [6.45, 7) is 0.552. The lowest BCUT2D eigenvalue weighted by Crippen LogP contribution is -2.02. The number of nitriles is 1. The summed E-state index contributed by atoms with van der Waals surface area (Å²) >= 11 is 1.21. The Bertz CT molecular complexity index is 1160. The third-order valence-corrected chi connectivity index (χ3v) is 5.03. The molecule has 0 atom stereocenters. The molecule has 3 heterocycles. The summed E-state index contributed by atoms with van der Waals surface area (Å²) < 4.78 is 7.57. The van der Waals surface area contributed by atoms with Gasteiger partial charge in [0.2, 0.25) is 5.89 Å². The molecule has 4 aromatic rings. The number of pyridine rings is 1. The van der Waals surface area contributed by atoms with Gasteiger partial charge >= 0.3 is 0 Å². The third-order valence-electron chi connectivity index (χ3n) is 4.21. The van der Waals surface area contributed by atoms with Gasteiger partial charge in [-0.25, -0.2) is 0 Å². The molecule has 0 bridgehead atoms. The first-order chi connectivity index (χ1) is 13.8. The minimum Gasteiger partial charge on any atom is -0.411 e. The number of thioether (sulfide) groups is 1. The Morgan fingerprint density at radius 2 is 2.00 bits per heavy atom. The van der Waals surface area contributed by atoms with Crippen LogP contribution in [0.15, 0.2) is 64.6 Å². The Labute approximate surface area is 165 Å². The Balaban J connectivity index is 1.50. The highest BCUT2D eigenvalue weighted by molar-refractivity contribution is 7.99. The first-order valence-corrected chi connectivity index (χ1v) is 9.59. The predicted octanol–water partition coefficient (Wildman–Crippen LogP) is 3.97. The zero-order valence-electron chi connectivity index (χ0n) is 14.8. The number of benzene rings is 1. The van der Waals surface area contributed by atoms with E-state index in [-0.39, 0.29) is 11.5 Å². The number of hydrogen-bond acceptors (Lipinski definition) is 7. The molecule has 28 heavy (non-hydrogen) atoms. The zero-order valence-corrected chi connectivity index (χ0v) is 15.6. The van der Waals surface area contributed by atoms with E-state index in [9.17, 15) is 4.79 Å². The van der Waals surface area contributed by atoms with Crippen LogP contribution >= 0.6 is 11.8 Å². The quantitative estimate of drug-likeness (QED) is 0.348. The van der Waals surface area contributed by atoms with Crippen LogP contribution < -0.4 is 0 Å². The summed E-state index contributed by atoms with van der Waals surface area (Å²) in [7, 11) is 0. The molecular weight excluding hydrogens is 374 g/mol. The van der Waals surface area contributed by atoms with Crippen molar-refractivity contribution < 1.29 is 9.21 Å². The first kappa shape index (κ1) is 17.9. The average Bonchev–Trinajstić information content (AvgIpc) is 3.36. The van der Waals surface area contributed by atoms with E-state index < -0.39 is 0 Å². The van der Waals surface area contributed by atoms with Crippen molar-refractivity contribution in [3.63, 3.8) is 0 Å². The van der Waals surface area contributed by atoms with Gasteiger partial charge in [-0.1, -0.05) is 30.0 Å². The van der Waals surface area contributed by atoms with Crippen LogP contribution in [-0.2, 0) is 6.54 Å². The average molecular weight is 389 g/mol. The summed E-state index contributed by atoms with van der Waals surface area (Å²) in [4.78, 5) is 16.8. The van der Waals surface area contributed by atoms with E-state index in [2.05, 4.69) is 21.3 Å². The lowest BCUT2D eigenvalue weighted by molar-refractivity contribution is 0.102. The monoisotopic (exact) mass is 389 g/mol. The molecule has 4 rings (SSSR count). The molecule has 0 aliphatic heterocycles. The Morgan fingerprint density at radius 3 is 2.82 bits per heavy atom. The van der Waals surface area contributed by atoms with Gasteiger partial charge in [-0.3, -0.25) is 9.78 Å². The Morgan fingerprint density at radius 1 is 1.18 bits per heavy atom. The highest BCUT2D eigenvalue weighted by Crippen LogP contribution is 2.26. The molecule has 0 N–H and O–H groups in total. The second-order valence-corrected chi connectivity index (χ2v) is 6.91. The molecule has 3 aromatic heterocycles. The predicted molar refractivity (Wildman–Crippen MR) is 105 cm³/mol. The molecule has 7 nitrogen and oxygen atoms in total.